The summed E-state index contributed by atoms with van der Waals surface area (Å²) >= 11 is 0. The van der Waals surface area contributed by atoms with Crippen molar-refractivity contribution in [2.45, 2.75) is 6.92 Å². The average molecular weight is 251 g/mol. The first kappa shape index (κ1) is 15.3. The van der Waals surface area contributed by atoms with E-state index in [1.165, 1.54) is 11.9 Å². The molecule has 6 nitrogen and oxygen atoms in total. The third-order valence-electron chi connectivity index (χ3n) is 2.32. The summed E-state index contributed by atoms with van der Waals surface area (Å²) in [7, 11) is 1.60. The zero-order valence-corrected chi connectivity index (χ0v) is 11.2. The van der Waals surface area contributed by atoms with Gasteiger partial charge in [0.05, 0.1) is 12.3 Å². The summed E-state index contributed by atoms with van der Waals surface area (Å²) in [5.74, 6) is -0.188. The van der Waals surface area contributed by atoms with Gasteiger partial charge < -0.3 is 10.2 Å². The van der Waals surface area contributed by atoms with Gasteiger partial charge in [-0.1, -0.05) is 0 Å². The topological polar surface area (TPSA) is 69.7 Å². The van der Waals surface area contributed by atoms with Crippen molar-refractivity contribution in [1.82, 2.24) is 14.5 Å². The Bertz CT molecular complexity index is 316. The van der Waals surface area contributed by atoms with Crippen LogP contribution < -0.4 is 5.32 Å². The minimum absolute atomic E-state index is 0.0109. The van der Waals surface area contributed by atoms with Crippen molar-refractivity contribution >= 4 is 15.9 Å². The molecule has 0 fully saturated rings. The molecule has 0 radical (unpaired) electrons. The lowest BCUT2D eigenvalue weighted by Crippen LogP contribution is -2.41. The highest BCUT2D eigenvalue weighted by Crippen LogP contribution is 1.98. The molecule has 0 saturated heterocycles. The highest BCUT2D eigenvalue weighted by atomic mass is 32.2. The summed E-state index contributed by atoms with van der Waals surface area (Å²) in [6, 6.07) is 0. The molecule has 1 N–H and O–H groups in total. The fourth-order valence-corrected chi connectivity index (χ4v) is 1.78. The second kappa shape index (κ2) is 6.82. The summed E-state index contributed by atoms with van der Waals surface area (Å²) in [6.07, 6.45) is 0. The van der Waals surface area contributed by atoms with Gasteiger partial charge in [-0.15, -0.1) is 0 Å². The quantitative estimate of drug-likeness (QED) is 0.626. The van der Waals surface area contributed by atoms with Gasteiger partial charge in [0.25, 0.3) is 0 Å². The molecule has 0 unspecified atom stereocenters. The molecule has 0 aliphatic rings. The molecular formula is C9H21N3O3S. The third-order valence-corrected chi connectivity index (χ3v) is 4.13. The van der Waals surface area contributed by atoms with E-state index < -0.39 is 10.0 Å². The lowest BCUT2D eigenvalue weighted by atomic mass is 10.5. The summed E-state index contributed by atoms with van der Waals surface area (Å²) in [4.78, 5) is 13.1. The third kappa shape index (κ3) is 4.91. The first-order valence-corrected chi connectivity index (χ1v) is 6.78. The molecule has 7 heteroatoms. The first-order chi connectivity index (χ1) is 7.35. The van der Waals surface area contributed by atoms with E-state index in [4.69, 9.17) is 0 Å². The number of rotatable bonds is 7. The van der Waals surface area contributed by atoms with E-state index in [1.807, 2.05) is 0 Å². The Morgan fingerprint density at radius 2 is 1.88 bits per heavy atom. The fraction of sp³-hybridized carbons (Fsp3) is 0.889. The Kier molecular flexibility index (Phi) is 6.54. The van der Waals surface area contributed by atoms with E-state index in [9.17, 15) is 13.2 Å². The standard InChI is InChI=1S/C9H21N3O3S/c1-5-16(14,15)12(4)8-9(13)11(3)7-6-10-2/h10H,5-8H2,1-4H3. The SMILES string of the molecule is CCS(=O)(=O)N(C)CC(=O)N(C)CCNC. The van der Waals surface area contributed by atoms with E-state index >= 15 is 0 Å². The number of amides is 1. The Balaban J connectivity index is 4.24. The highest BCUT2D eigenvalue weighted by Gasteiger charge is 2.19. The zero-order valence-electron chi connectivity index (χ0n) is 10.4. The number of carbonyl (C=O) groups is 1. The van der Waals surface area contributed by atoms with Crippen LogP contribution in [0.3, 0.4) is 0 Å². The van der Waals surface area contributed by atoms with Gasteiger partial charge in [0.1, 0.15) is 0 Å². The maximum absolute atomic E-state index is 11.6. The molecule has 0 aliphatic heterocycles. The average Bonchev–Trinajstić information content (AvgIpc) is 2.25. The van der Waals surface area contributed by atoms with Gasteiger partial charge in [0.2, 0.25) is 15.9 Å². The van der Waals surface area contributed by atoms with Crippen LogP contribution >= 0.6 is 0 Å². The van der Waals surface area contributed by atoms with E-state index in [1.54, 1.807) is 21.0 Å². The Morgan fingerprint density at radius 3 is 2.31 bits per heavy atom. The molecule has 0 spiro atoms. The van der Waals surface area contributed by atoms with Crippen LogP contribution in [0.4, 0.5) is 0 Å². The molecule has 0 aromatic rings. The second-order valence-corrected chi connectivity index (χ2v) is 5.94. The zero-order chi connectivity index (χ0) is 12.8. The predicted octanol–water partition coefficient (Wildman–Crippen LogP) is -1.05. The van der Waals surface area contributed by atoms with Gasteiger partial charge in [-0.05, 0) is 14.0 Å². The van der Waals surface area contributed by atoms with Crippen molar-refractivity contribution < 1.29 is 13.2 Å². The maximum atomic E-state index is 11.6. The molecule has 1 amide bonds. The van der Waals surface area contributed by atoms with Crippen LogP contribution in [-0.4, -0.2) is 70.1 Å². The number of sulfonamides is 1. The molecule has 0 aromatic heterocycles. The van der Waals surface area contributed by atoms with Gasteiger partial charge in [-0.3, -0.25) is 4.79 Å². The number of nitrogens with zero attached hydrogens (tertiary/aromatic N) is 2. The van der Waals surface area contributed by atoms with Crippen LogP contribution in [0, 0.1) is 0 Å². The molecule has 16 heavy (non-hydrogen) atoms. The number of carbonyl (C=O) groups excluding carboxylic acids is 1. The number of likely N-dealkylation sites (N-methyl/N-ethyl adjacent to an activating group) is 3. The molecule has 0 aliphatic carbocycles. The summed E-state index contributed by atoms with van der Waals surface area (Å²) < 4.78 is 23.9. The fourth-order valence-electron chi connectivity index (χ4n) is 1.03. The first-order valence-electron chi connectivity index (χ1n) is 5.17. The molecule has 0 aromatic carbocycles. The Morgan fingerprint density at radius 1 is 1.31 bits per heavy atom. The number of nitrogens with one attached hydrogen (secondary N) is 1. The lowest BCUT2D eigenvalue weighted by Gasteiger charge is -2.21. The van der Waals surface area contributed by atoms with Crippen LogP contribution in [0.25, 0.3) is 0 Å². The smallest absolute Gasteiger partial charge is 0.237 e. The van der Waals surface area contributed by atoms with Crippen molar-refractivity contribution in [3.63, 3.8) is 0 Å². The van der Waals surface area contributed by atoms with Gasteiger partial charge in [-0.25, -0.2) is 8.42 Å². The van der Waals surface area contributed by atoms with Gasteiger partial charge in [-0.2, -0.15) is 4.31 Å². The van der Waals surface area contributed by atoms with Gasteiger partial charge >= 0.3 is 0 Å². The van der Waals surface area contributed by atoms with Crippen LogP contribution in [0.2, 0.25) is 0 Å². The summed E-state index contributed by atoms with van der Waals surface area (Å²) in [6.45, 7) is 2.71. The minimum Gasteiger partial charge on any atom is -0.343 e. The Labute approximate surface area is 97.7 Å². The largest absolute Gasteiger partial charge is 0.343 e. The molecule has 0 rings (SSSR count). The summed E-state index contributed by atoms with van der Waals surface area (Å²) in [5.41, 5.74) is 0. The van der Waals surface area contributed by atoms with Crippen LogP contribution in [-0.2, 0) is 14.8 Å². The molecule has 96 valence electrons. The summed E-state index contributed by atoms with van der Waals surface area (Å²) in [5, 5.41) is 2.92. The highest BCUT2D eigenvalue weighted by molar-refractivity contribution is 7.89. The molecule has 0 heterocycles. The molecule has 0 saturated carbocycles. The normalized spacial score (nSPS) is 11.8. The number of hydrogen-bond donors (Lipinski definition) is 1. The minimum atomic E-state index is -3.28. The van der Waals surface area contributed by atoms with E-state index in [0.29, 0.717) is 13.1 Å². The lowest BCUT2D eigenvalue weighted by molar-refractivity contribution is -0.129. The van der Waals surface area contributed by atoms with Crippen molar-refractivity contribution in [2.24, 2.45) is 0 Å². The molecule has 0 atom stereocenters. The maximum Gasteiger partial charge on any atom is 0.237 e. The van der Waals surface area contributed by atoms with Crippen molar-refractivity contribution in [3.05, 3.63) is 0 Å². The van der Waals surface area contributed by atoms with Crippen molar-refractivity contribution in [3.8, 4) is 0 Å². The van der Waals surface area contributed by atoms with Gasteiger partial charge in [0.15, 0.2) is 0 Å². The van der Waals surface area contributed by atoms with Crippen molar-refractivity contribution in [2.75, 3.05) is 46.5 Å². The Hall–Kier alpha value is -0.660. The molecular weight excluding hydrogens is 230 g/mol. The van der Waals surface area contributed by atoms with Crippen LogP contribution in [0.1, 0.15) is 6.92 Å². The molecule has 0 bridgehead atoms. The second-order valence-electron chi connectivity index (χ2n) is 3.58. The van der Waals surface area contributed by atoms with E-state index in [0.717, 1.165) is 4.31 Å². The van der Waals surface area contributed by atoms with Crippen LogP contribution in [0.5, 0.6) is 0 Å². The monoisotopic (exact) mass is 251 g/mol. The van der Waals surface area contributed by atoms with Crippen molar-refractivity contribution in [1.29, 1.82) is 0 Å². The predicted molar refractivity (Wildman–Crippen MR) is 63.7 cm³/mol. The number of hydrogen-bond acceptors (Lipinski definition) is 4. The van der Waals surface area contributed by atoms with E-state index in [-0.39, 0.29) is 18.2 Å². The van der Waals surface area contributed by atoms with Gasteiger partial charge in [0, 0.05) is 27.2 Å². The van der Waals surface area contributed by atoms with Crippen LogP contribution in [0.15, 0.2) is 0 Å². The van der Waals surface area contributed by atoms with E-state index in [2.05, 4.69) is 5.32 Å².